The van der Waals surface area contributed by atoms with Gasteiger partial charge in [0.05, 0.1) is 19.4 Å². The number of esters is 1. The Morgan fingerprint density at radius 3 is 2.57 bits per heavy atom. The van der Waals surface area contributed by atoms with Gasteiger partial charge in [-0.15, -0.1) is 0 Å². The number of aromatic nitrogens is 1. The lowest BCUT2D eigenvalue weighted by atomic mass is 10.1. The Morgan fingerprint density at radius 1 is 1.43 bits per heavy atom. The average molecular weight is 298 g/mol. The highest BCUT2D eigenvalue weighted by atomic mass is 16.5. The van der Waals surface area contributed by atoms with Crippen molar-refractivity contribution in [3.8, 4) is 0 Å². The summed E-state index contributed by atoms with van der Waals surface area (Å²) in [5.41, 5.74) is 5.74. The van der Waals surface area contributed by atoms with Crippen LogP contribution in [0.5, 0.6) is 0 Å². The zero-order valence-electron chi connectivity index (χ0n) is 11.8. The molecule has 0 aliphatic rings. The Bertz CT molecular complexity index is 525. The fourth-order valence-corrected chi connectivity index (χ4v) is 2.02. The van der Waals surface area contributed by atoms with Crippen molar-refractivity contribution in [3.63, 3.8) is 0 Å². The molecule has 0 spiro atoms. The molecule has 1 heterocycles. The monoisotopic (exact) mass is 298 g/mol. The smallest absolute Gasteiger partial charge is 0.328 e. The molecule has 0 aliphatic heterocycles. The first-order valence-corrected chi connectivity index (χ1v) is 6.15. The van der Waals surface area contributed by atoms with Gasteiger partial charge in [0.1, 0.15) is 12.1 Å². The summed E-state index contributed by atoms with van der Waals surface area (Å²) in [6.45, 7) is 0.147. The van der Waals surface area contributed by atoms with Gasteiger partial charge in [0.15, 0.2) is 6.29 Å². The maximum absolute atomic E-state index is 11.9. The van der Waals surface area contributed by atoms with Crippen molar-refractivity contribution in [1.29, 1.82) is 0 Å². The number of ether oxygens (including phenoxy) is 2. The second-order valence-electron chi connectivity index (χ2n) is 4.36. The topological polar surface area (TPSA) is 121 Å². The Kier molecular flexibility index (Phi) is 6.07. The van der Waals surface area contributed by atoms with Gasteiger partial charge < -0.3 is 24.9 Å². The fourth-order valence-electron chi connectivity index (χ4n) is 2.02. The van der Waals surface area contributed by atoms with Crippen LogP contribution in [0.1, 0.15) is 28.6 Å². The number of nitrogens with zero attached hydrogens (tertiary/aromatic N) is 1. The van der Waals surface area contributed by atoms with E-state index in [4.69, 9.17) is 10.5 Å². The van der Waals surface area contributed by atoms with Crippen LogP contribution in [0.4, 0.5) is 0 Å². The highest BCUT2D eigenvalue weighted by Crippen LogP contribution is 2.22. The Balaban J connectivity index is 3.24. The number of carbonyl (C=O) groups excluding carboxylic acids is 3. The predicted octanol–water partition coefficient (Wildman–Crippen LogP) is -0.603. The number of methoxy groups -OCH3 is 2. The second kappa shape index (κ2) is 7.55. The summed E-state index contributed by atoms with van der Waals surface area (Å²) in [5.74, 6) is -1.66. The minimum atomic E-state index is -1.54. The molecule has 8 heteroatoms. The second-order valence-corrected chi connectivity index (χ2v) is 4.36. The number of rotatable bonds is 8. The lowest BCUT2D eigenvalue weighted by Gasteiger charge is -2.22. The van der Waals surface area contributed by atoms with Crippen LogP contribution in [0.3, 0.4) is 0 Å². The Labute approximate surface area is 121 Å². The zero-order chi connectivity index (χ0) is 16.0. The van der Waals surface area contributed by atoms with Gasteiger partial charge in [0, 0.05) is 19.2 Å². The summed E-state index contributed by atoms with van der Waals surface area (Å²) in [7, 11) is 2.63. The molecule has 0 saturated carbocycles. The number of aliphatic hydroxyl groups is 1. The Hall–Kier alpha value is -2.19. The molecule has 1 aromatic rings. The van der Waals surface area contributed by atoms with Gasteiger partial charge in [-0.25, -0.2) is 4.79 Å². The van der Waals surface area contributed by atoms with Gasteiger partial charge in [0.25, 0.3) is 0 Å². The summed E-state index contributed by atoms with van der Waals surface area (Å²) in [6.07, 6.45) is -1.27. The van der Waals surface area contributed by atoms with Crippen molar-refractivity contribution in [3.05, 3.63) is 23.5 Å². The van der Waals surface area contributed by atoms with Crippen molar-refractivity contribution >= 4 is 18.2 Å². The molecule has 3 N–H and O–H groups in total. The van der Waals surface area contributed by atoms with Crippen LogP contribution >= 0.6 is 0 Å². The third-order valence-electron chi connectivity index (χ3n) is 3.01. The highest BCUT2D eigenvalue weighted by Gasteiger charge is 2.29. The van der Waals surface area contributed by atoms with E-state index in [1.165, 1.54) is 24.9 Å². The Morgan fingerprint density at radius 2 is 2.10 bits per heavy atom. The number of carbonyl (C=O) groups is 3. The first-order valence-electron chi connectivity index (χ1n) is 6.15. The van der Waals surface area contributed by atoms with Crippen molar-refractivity contribution < 1.29 is 29.0 Å². The van der Waals surface area contributed by atoms with Gasteiger partial charge in [-0.2, -0.15) is 0 Å². The van der Waals surface area contributed by atoms with E-state index in [1.54, 1.807) is 6.07 Å². The van der Waals surface area contributed by atoms with Gasteiger partial charge in [-0.05, 0) is 12.1 Å². The molecule has 8 nitrogen and oxygen atoms in total. The molecule has 0 aromatic carbocycles. The van der Waals surface area contributed by atoms with Gasteiger partial charge in [-0.1, -0.05) is 0 Å². The van der Waals surface area contributed by atoms with Crippen LogP contribution in [-0.4, -0.2) is 48.2 Å². The van der Waals surface area contributed by atoms with E-state index in [2.05, 4.69) is 4.74 Å². The number of hydrogen-bond acceptors (Lipinski definition) is 6. The maximum atomic E-state index is 11.9. The van der Waals surface area contributed by atoms with Crippen molar-refractivity contribution in [1.82, 2.24) is 4.57 Å². The van der Waals surface area contributed by atoms with Crippen molar-refractivity contribution in [2.45, 2.75) is 25.2 Å². The third kappa shape index (κ3) is 3.89. The largest absolute Gasteiger partial charge is 0.467 e. The predicted molar refractivity (Wildman–Crippen MR) is 71.4 cm³/mol. The first kappa shape index (κ1) is 16.9. The van der Waals surface area contributed by atoms with E-state index in [9.17, 15) is 19.5 Å². The van der Waals surface area contributed by atoms with Crippen LogP contribution in [0.15, 0.2) is 12.1 Å². The lowest BCUT2D eigenvalue weighted by Crippen LogP contribution is -2.34. The first-order chi connectivity index (χ1) is 9.96. The molecule has 0 saturated heterocycles. The van der Waals surface area contributed by atoms with E-state index in [1.807, 2.05) is 0 Å². The molecule has 0 unspecified atom stereocenters. The van der Waals surface area contributed by atoms with E-state index >= 15 is 0 Å². The lowest BCUT2D eigenvalue weighted by molar-refractivity contribution is -0.146. The maximum Gasteiger partial charge on any atom is 0.328 e. The normalized spacial score (nSPS) is 13.5. The molecule has 1 rings (SSSR count). The van der Waals surface area contributed by atoms with Crippen LogP contribution in [0.2, 0.25) is 0 Å². The van der Waals surface area contributed by atoms with Crippen LogP contribution in [0, 0.1) is 0 Å². The zero-order valence-corrected chi connectivity index (χ0v) is 11.8. The number of hydrogen-bond donors (Lipinski definition) is 2. The molecule has 1 amide bonds. The van der Waals surface area contributed by atoms with E-state index in [0.717, 1.165) is 0 Å². The molecule has 0 bridgehead atoms. The minimum absolute atomic E-state index is 0.147. The van der Waals surface area contributed by atoms with Crippen LogP contribution in [0.25, 0.3) is 0 Å². The van der Waals surface area contributed by atoms with Gasteiger partial charge in [0.2, 0.25) is 5.91 Å². The molecular formula is C13H18N2O6. The number of nitrogens with two attached hydrogens (primary N) is 1. The highest BCUT2D eigenvalue weighted by molar-refractivity contribution is 5.82. The summed E-state index contributed by atoms with van der Waals surface area (Å²) >= 11 is 0. The van der Waals surface area contributed by atoms with Crippen molar-refractivity contribution in [2.75, 3.05) is 14.2 Å². The molecule has 0 aliphatic carbocycles. The summed E-state index contributed by atoms with van der Waals surface area (Å²) in [6, 6.07) is 2.06. The average Bonchev–Trinajstić information content (AvgIpc) is 2.86. The number of amides is 1. The molecule has 0 radical (unpaired) electrons. The molecule has 0 fully saturated rings. The summed E-state index contributed by atoms with van der Waals surface area (Å²) < 4.78 is 11.0. The SMILES string of the molecule is COCc1ccc(C=O)n1[C@H](C[C@@H](O)C(N)=O)C(=O)OC. The number of primary amides is 1. The number of aldehydes is 1. The molecule has 2 atom stereocenters. The quantitative estimate of drug-likeness (QED) is 0.488. The summed E-state index contributed by atoms with van der Waals surface area (Å²) in [4.78, 5) is 34.0. The van der Waals surface area contributed by atoms with E-state index in [0.29, 0.717) is 12.0 Å². The molecule has 21 heavy (non-hydrogen) atoms. The van der Waals surface area contributed by atoms with Crippen molar-refractivity contribution in [2.24, 2.45) is 5.73 Å². The molecule has 1 aromatic heterocycles. The molecular weight excluding hydrogens is 280 g/mol. The van der Waals surface area contributed by atoms with Crippen LogP contribution < -0.4 is 5.73 Å². The standard InChI is InChI=1S/C13H18N2O6/c1-20-7-9-4-3-8(6-16)15(9)10(13(19)21-2)5-11(17)12(14)18/h3-4,6,10-11,17H,5,7H2,1-2H3,(H2,14,18)/t10-,11-/m1/s1. The summed E-state index contributed by atoms with van der Waals surface area (Å²) in [5, 5.41) is 9.61. The van der Waals surface area contributed by atoms with Gasteiger partial charge in [-0.3, -0.25) is 9.59 Å². The van der Waals surface area contributed by atoms with E-state index < -0.39 is 24.0 Å². The molecule has 116 valence electrons. The van der Waals surface area contributed by atoms with E-state index in [-0.39, 0.29) is 18.7 Å². The number of aliphatic hydroxyl groups excluding tert-OH is 1. The van der Waals surface area contributed by atoms with Gasteiger partial charge >= 0.3 is 5.97 Å². The van der Waals surface area contributed by atoms with Crippen LogP contribution in [-0.2, 0) is 25.7 Å². The third-order valence-corrected chi connectivity index (χ3v) is 3.01. The fraction of sp³-hybridized carbons (Fsp3) is 0.462. The minimum Gasteiger partial charge on any atom is -0.467 e.